The molecule has 4 aromatic rings. The predicted octanol–water partition coefficient (Wildman–Crippen LogP) is 5.81. The van der Waals surface area contributed by atoms with Crippen molar-refractivity contribution in [2.45, 2.75) is 32.2 Å². The number of urea groups is 1. The van der Waals surface area contributed by atoms with Gasteiger partial charge in [0.2, 0.25) is 0 Å². The summed E-state index contributed by atoms with van der Waals surface area (Å²) in [7, 11) is 1.83. The molecular weight excluding hydrogens is 509 g/mol. The monoisotopic (exact) mass is 537 g/mol. The number of amides is 2. The van der Waals surface area contributed by atoms with E-state index in [2.05, 4.69) is 27.1 Å². The van der Waals surface area contributed by atoms with Gasteiger partial charge in [-0.05, 0) is 55.7 Å². The fourth-order valence-electron chi connectivity index (χ4n) is 4.73. The van der Waals surface area contributed by atoms with E-state index in [4.69, 9.17) is 28.2 Å². The van der Waals surface area contributed by atoms with Gasteiger partial charge in [-0.1, -0.05) is 42.3 Å². The van der Waals surface area contributed by atoms with Gasteiger partial charge in [0.05, 0.1) is 5.02 Å². The molecule has 8 nitrogen and oxygen atoms in total. The second-order valence-corrected chi connectivity index (χ2v) is 10.1. The number of carbonyl (C=O) groups excluding carboxylic acids is 1. The maximum atomic E-state index is 12.4. The number of nitrogens with one attached hydrogen (secondary N) is 1. The third-order valence-electron chi connectivity index (χ3n) is 6.65. The Balaban J connectivity index is 1.48. The fraction of sp³-hybridized carbons (Fsp3) is 0.333. The van der Waals surface area contributed by atoms with Crippen molar-refractivity contribution in [3.05, 3.63) is 64.9 Å². The topological polar surface area (TPSA) is 79.2 Å². The lowest BCUT2D eigenvalue weighted by Gasteiger charge is -2.33. The maximum Gasteiger partial charge on any atom is 0.317 e. The van der Waals surface area contributed by atoms with Crippen LogP contribution in [0.15, 0.2) is 54.9 Å². The number of imidazole rings is 1. The number of hydrogen-bond acceptors (Lipinski definition) is 5. The van der Waals surface area contributed by atoms with Gasteiger partial charge < -0.3 is 15.1 Å². The normalized spacial score (nSPS) is 14.2. The van der Waals surface area contributed by atoms with Crippen molar-refractivity contribution in [2.75, 3.05) is 31.6 Å². The quantitative estimate of drug-likeness (QED) is 0.335. The summed E-state index contributed by atoms with van der Waals surface area (Å²) >= 11 is 12.8. The number of piperidine rings is 1. The number of carbonyl (C=O) groups is 1. The third kappa shape index (κ3) is 5.22. The number of rotatable bonds is 6. The minimum absolute atomic E-state index is 0.0178. The number of nitrogens with zero attached hydrogens (tertiary/aromatic N) is 6. The predicted molar refractivity (Wildman–Crippen MR) is 149 cm³/mol. The van der Waals surface area contributed by atoms with E-state index in [0.717, 1.165) is 56.0 Å². The number of fused-ring (bicyclic) bond motifs is 1. The molecule has 2 aromatic carbocycles. The van der Waals surface area contributed by atoms with E-state index in [-0.39, 0.29) is 12.1 Å². The van der Waals surface area contributed by atoms with Crippen molar-refractivity contribution in [3.8, 4) is 17.1 Å². The van der Waals surface area contributed by atoms with Gasteiger partial charge in [0.15, 0.2) is 17.0 Å². The molecule has 2 aromatic heterocycles. The zero-order valence-corrected chi connectivity index (χ0v) is 22.4. The van der Waals surface area contributed by atoms with Gasteiger partial charge >= 0.3 is 6.03 Å². The highest BCUT2D eigenvalue weighted by molar-refractivity contribution is 6.33. The number of hydrogen-bond donors (Lipinski definition) is 1. The second kappa shape index (κ2) is 10.9. The first-order valence-electron chi connectivity index (χ1n) is 12.5. The molecule has 0 spiro atoms. The molecule has 1 N–H and O–H groups in total. The number of halogens is 2. The molecule has 0 atom stereocenters. The smallest absolute Gasteiger partial charge is 0.317 e. The van der Waals surface area contributed by atoms with Crippen LogP contribution in [0.4, 0.5) is 10.6 Å². The highest BCUT2D eigenvalue weighted by Gasteiger charge is 2.27. The molecule has 3 heterocycles. The van der Waals surface area contributed by atoms with Gasteiger partial charge in [-0.25, -0.2) is 19.7 Å². The van der Waals surface area contributed by atoms with Gasteiger partial charge in [0, 0.05) is 49.0 Å². The summed E-state index contributed by atoms with van der Waals surface area (Å²) in [6, 6.07) is 15.3. The lowest BCUT2D eigenvalue weighted by Crippen LogP contribution is -2.48. The number of anilines is 1. The van der Waals surface area contributed by atoms with Crippen LogP contribution in [0.1, 0.15) is 26.2 Å². The molecule has 1 aliphatic rings. The molecule has 192 valence electrons. The van der Waals surface area contributed by atoms with Crippen molar-refractivity contribution in [1.29, 1.82) is 0 Å². The Labute approximate surface area is 226 Å². The average molecular weight is 538 g/mol. The second-order valence-electron chi connectivity index (χ2n) is 9.23. The van der Waals surface area contributed by atoms with E-state index in [0.29, 0.717) is 27.0 Å². The zero-order chi connectivity index (χ0) is 25.9. The van der Waals surface area contributed by atoms with Crippen LogP contribution in [-0.4, -0.2) is 63.2 Å². The van der Waals surface area contributed by atoms with Crippen LogP contribution in [0, 0.1) is 0 Å². The molecule has 2 amide bonds. The van der Waals surface area contributed by atoms with Gasteiger partial charge in [-0.2, -0.15) is 0 Å². The van der Waals surface area contributed by atoms with E-state index in [1.54, 1.807) is 11.2 Å². The molecule has 1 saturated heterocycles. The average Bonchev–Trinajstić information content (AvgIpc) is 3.29. The van der Waals surface area contributed by atoms with Crippen LogP contribution in [-0.2, 0) is 0 Å². The Morgan fingerprint density at radius 1 is 1.08 bits per heavy atom. The summed E-state index contributed by atoms with van der Waals surface area (Å²) in [6.07, 6.45) is 4.17. The summed E-state index contributed by atoms with van der Waals surface area (Å²) in [6.45, 7) is 4.32. The number of aromatic nitrogens is 4. The summed E-state index contributed by atoms with van der Waals surface area (Å²) in [5.41, 5.74) is 3.08. The van der Waals surface area contributed by atoms with Crippen LogP contribution < -0.4 is 10.2 Å². The molecular formula is C27H29Cl2N7O. The van der Waals surface area contributed by atoms with Gasteiger partial charge in [0.25, 0.3) is 0 Å². The largest absolute Gasteiger partial charge is 0.355 e. The lowest BCUT2D eigenvalue weighted by atomic mass is 10.1. The summed E-state index contributed by atoms with van der Waals surface area (Å²) in [5, 5.41) is 4.42. The van der Waals surface area contributed by atoms with Gasteiger partial charge in [-0.3, -0.25) is 4.57 Å². The van der Waals surface area contributed by atoms with Crippen LogP contribution in [0.5, 0.6) is 0 Å². The van der Waals surface area contributed by atoms with E-state index in [9.17, 15) is 4.79 Å². The zero-order valence-electron chi connectivity index (χ0n) is 20.9. The van der Waals surface area contributed by atoms with Crippen molar-refractivity contribution >= 4 is 46.2 Å². The van der Waals surface area contributed by atoms with Gasteiger partial charge in [0.1, 0.15) is 12.2 Å². The van der Waals surface area contributed by atoms with Crippen molar-refractivity contribution in [2.24, 2.45) is 0 Å². The molecule has 37 heavy (non-hydrogen) atoms. The van der Waals surface area contributed by atoms with Crippen molar-refractivity contribution in [1.82, 2.24) is 29.7 Å². The molecule has 10 heteroatoms. The Morgan fingerprint density at radius 3 is 2.51 bits per heavy atom. The third-order valence-corrected chi connectivity index (χ3v) is 7.23. The molecule has 1 fully saturated rings. The molecule has 0 radical (unpaired) electrons. The first-order valence-corrected chi connectivity index (χ1v) is 13.2. The summed E-state index contributed by atoms with van der Waals surface area (Å²) < 4.78 is 1.99. The maximum absolute atomic E-state index is 12.4. The molecule has 1 aliphatic heterocycles. The van der Waals surface area contributed by atoms with Crippen LogP contribution in [0.3, 0.4) is 0 Å². The summed E-state index contributed by atoms with van der Waals surface area (Å²) in [4.78, 5) is 30.7. The summed E-state index contributed by atoms with van der Waals surface area (Å²) in [5.74, 6) is 1.46. The Bertz CT molecular complexity index is 1400. The Hall–Kier alpha value is -3.36. The van der Waals surface area contributed by atoms with E-state index in [1.807, 2.05) is 60.1 Å². The molecule has 0 bridgehead atoms. The number of benzene rings is 2. The van der Waals surface area contributed by atoms with Crippen LogP contribution in [0.2, 0.25) is 10.0 Å². The minimum atomic E-state index is -0.0178. The minimum Gasteiger partial charge on any atom is -0.355 e. The van der Waals surface area contributed by atoms with E-state index >= 15 is 0 Å². The van der Waals surface area contributed by atoms with E-state index < -0.39 is 0 Å². The van der Waals surface area contributed by atoms with Crippen LogP contribution in [0.25, 0.3) is 28.2 Å². The Kier molecular flexibility index (Phi) is 7.48. The highest BCUT2D eigenvalue weighted by Crippen LogP contribution is 2.35. The molecule has 0 saturated carbocycles. The first kappa shape index (κ1) is 25.3. The van der Waals surface area contributed by atoms with E-state index in [1.165, 1.54) is 0 Å². The Morgan fingerprint density at radius 2 is 1.81 bits per heavy atom. The fourth-order valence-corrected chi connectivity index (χ4v) is 5.07. The first-order chi connectivity index (χ1) is 18.0. The van der Waals surface area contributed by atoms with Crippen molar-refractivity contribution < 1.29 is 4.79 Å². The lowest BCUT2D eigenvalue weighted by molar-refractivity contribution is 0.202. The standard InChI is InChI=1S/C27H29Cl2N7O/c1-3-14-34(2)27(37)32-19-12-15-35(16-13-19)25-23-26(31-17-30-25)36(20-10-8-18(28)9-11-20)24(33-23)21-6-4-5-7-22(21)29/h4-11,17,19H,3,12-16H2,1-2H3,(H,32,37). The van der Waals surface area contributed by atoms with Crippen LogP contribution >= 0.6 is 23.2 Å². The van der Waals surface area contributed by atoms with Gasteiger partial charge in [-0.15, -0.1) is 0 Å². The molecule has 5 rings (SSSR count). The SMILES string of the molecule is CCCN(C)C(=O)NC1CCN(c2ncnc3c2nc(-c2ccccc2Cl)n3-c2ccc(Cl)cc2)CC1. The molecule has 0 aliphatic carbocycles. The van der Waals surface area contributed by atoms with Crippen molar-refractivity contribution in [3.63, 3.8) is 0 Å². The molecule has 0 unspecified atom stereocenters. The highest BCUT2D eigenvalue weighted by atomic mass is 35.5.